The van der Waals surface area contributed by atoms with E-state index in [9.17, 15) is 4.79 Å². The zero-order valence-corrected chi connectivity index (χ0v) is 10.1. The average molecular weight is 233 g/mol. The van der Waals surface area contributed by atoms with Crippen molar-refractivity contribution in [3.05, 3.63) is 35.4 Å². The van der Waals surface area contributed by atoms with Crippen LogP contribution >= 0.6 is 0 Å². The number of nitrogens with one attached hydrogen (secondary N) is 2. The smallest absolute Gasteiger partial charge is 0.315 e. The SMILES string of the molecule is Cc1ccc(CNC(=O)N[C@H]2CC[C@H]2N)cc1. The van der Waals surface area contributed by atoms with Gasteiger partial charge in [0.05, 0.1) is 0 Å². The van der Waals surface area contributed by atoms with E-state index in [1.54, 1.807) is 0 Å². The molecule has 1 aromatic carbocycles. The Morgan fingerprint density at radius 1 is 1.35 bits per heavy atom. The van der Waals surface area contributed by atoms with Crippen molar-refractivity contribution in [3.63, 3.8) is 0 Å². The third-order valence-corrected chi connectivity index (χ3v) is 3.22. The Bertz CT molecular complexity index is 388. The van der Waals surface area contributed by atoms with Crippen molar-refractivity contribution >= 4 is 6.03 Å². The fraction of sp³-hybridized carbons (Fsp3) is 0.462. The van der Waals surface area contributed by atoms with Crippen molar-refractivity contribution in [1.29, 1.82) is 0 Å². The van der Waals surface area contributed by atoms with E-state index in [1.165, 1.54) is 5.56 Å². The summed E-state index contributed by atoms with van der Waals surface area (Å²) >= 11 is 0. The third kappa shape index (κ3) is 3.20. The average Bonchev–Trinajstić information content (AvgIpc) is 2.33. The summed E-state index contributed by atoms with van der Waals surface area (Å²) in [5.41, 5.74) is 8.07. The molecule has 17 heavy (non-hydrogen) atoms. The number of hydrogen-bond acceptors (Lipinski definition) is 2. The van der Waals surface area contributed by atoms with Gasteiger partial charge in [-0.25, -0.2) is 4.79 Å². The molecule has 0 unspecified atom stereocenters. The molecule has 4 N–H and O–H groups in total. The van der Waals surface area contributed by atoms with Crippen molar-refractivity contribution < 1.29 is 4.79 Å². The first-order valence-corrected chi connectivity index (χ1v) is 6.00. The van der Waals surface area contributed by atoms with Crippen LogP contribution in [0.25, 0.3) is 0 Å². The van der Waals surface area contributed by atoms with Crippen LogP contribution in [-0.2, 0) is 6.54 Å². The maximum atomic E-state index is 11.6. The molecule has 92 valence electrons. The lowest BCUT2D eigenvalue weighted by atomic mass is 9.87. The van der Waals surface area contributed by atoms with Gasteiger partial charge in [0, 0.05) is 18.6 Å². The molecule has 1 aromatic rings. The van der Waals surface area contributed by atoms with Crippen LogP contribution in [0.4, 0.5) is 4.79 Å². The van der Waals surface area contributed by atoms with E-state index in [-0.39, 0.29) is 18.1 Å². The second kappa shape index (κ2) is 5.19. The topological polar surface area (TPSA) is 67.2 Å². The molecular formula is C13H19N3O. The lowest BCUT2D eigenvalue weighted by Gasteiger charge is -2.33. The summed E-state index contributed by atoms with van der Waals surface area (Å²) in [4.78, 5) is 11.6. The summed E-state index contributed by atoms with van der Waals surface area (Å²) in [6.45, 7) is 2.59. The fourth-order valence-corrected chi connectivity index (χ4v) is 1.81. The van der Waals surface area contributed by atoms with Crippen LogP contribution in [0.3, 0.4) is 0 Å². The van der Waals surface area contributed by atoms with Crippen LogP contribution in [0.1, 0.15) is 24.0 Å². The molecule has 0 heterocycles. The number of benzene rings is 1. The molecular weight excluding hydrogens is 214 g/mol. The molecule has 1 fully saturated rings. The van der Waals surface area contributed by atoms with Gasteiger partial charge in [-0.05, 0) is 25.3 Å². The molecule has 0 saturated heterocycles. The number of carbonyl (C=O) groups is 1. The van der Waals surface area contributed by atoms with Gasteiger partial charge >= 0.3 is 6.03 Å². The summed E-state index contributed by atoms with van der Waals surface area (Å²) in [7, 11) is 0. The Balaban J connectivity index is 1.74. The maximum absolute atomic E-state index is 11.6. The highest BCUT2D eigenvalue weighted by Crippen LogP contribution is 2.16. The quantitative estimate of drug-likeness (QED) is 0.736. The van der Waals surface area contributed by atoms with Gasteiger partial charge in [-0.3, -0.25) is 0 Å². The Morgan fingerprint density at radius 3 is 2.59 bits per heavy atom. The minimum absolute atomic E-state index is 0.125. The summed E-state index contributed by atoms with van der Waals surface area (Å²) in [6, 6.07) is 8.25. The highest BCUT2D eigenvalue weighted by molar-refractivity contribution is 5.74. The maximum Gasteiger partial charge on any atom is 0.315 e. The summed E-state index contributed by atoms with van der Waals surface area (Å²) < 4.78 is 0. The van der Waals surface area contributed by atoms with Gasteiger partial charge in [0.25, 0.3) is 0 Å². The van der Waals surface area contributed by atoms with Crippen LogP contribution < -0.4 is 16.4 Å². The van der Waals surface area contributed by atoms with E-state index in [1.807, 2.05) is 31.2 Å². The molecule has 1 aliphatic rings. The molecule has 0 bridgehead atoms. The summed E-state index contributed by atoms with van der Waals surface area (Å²) in [6.07, 6.45) is 1.99. The van der Waals surface area contributed by atoms with Crippen molar-refractivity contribution in [1.82, 2.24) is 10.6 Å². The summed E-state index contributed by atoms with van der Waals surface area (Å²) in [5.74, 6) is 0. The third-order valence-electron chi connectivity index (χ3n) is 3.22. The first-order chi connectivity index (χ1) is 8.15. The van der Waals surface area contributed by atoms with Crippen LogP contribution in [-0.4, -0.2) is 18.1 Å². The number of hydrogen-bond donors (Lipinski definition) is 3. The first-order valence-electron chi connectivity index (χ1n) is 6.00. The van der Waals surface area contributed by atoms with Crippen LogP contribution in [0, 0.1) is 6.92 Å². The Labute approximate surface area is 102 Å². The molecule has 0 aliphatic heterocycles. The predicted molar refractivity (Wildman–Crippen MR) is 67.5 cm³/mol. The fourth-order valence-electron chi connectivity index (χ4n) is 1.81. The molecule has 4 nitrogen and oxygen atoms in total. The number of urea groups is 1. The molecule has 4 heteroatoms. The minimum Gasteiger partial charge on any atom is -0.334 e. The van der Waals surface area contributed by atoms with Gasteiger partial charge in [0.15, 0.2) is 0 Å². The van der Waals surface area contributed by atoms with Gasteiger partial charge in [0.2, 0.25) is 0 Å². The highest BCUT2D eigenvalue weighted by atomic mass is 16.2. The number of aryl methyl sites for hydroxylation is 1. The number of nitrogens with two attached hydrogens (primary N) is 1. The number of rotatable bonds is 3. The van der Waals surface area contributed by atoms with Gasteiger partial charge in [-0.2, -0.15) is 0 Å². The van der Waals surface area contributed by atoms with E-state index in [0.717, 1.165) is 18.4 Å². The van der Waals surface area contributed by atoms with E-state index < -0.39 is 0 Å². The lowest BCUT2D eigenvalue weighted by molar-refractivity contribution is 0.220. The molecule has 1 aliphatic carbocycles. The van der Waals surface area contributed by atoms with Gasteiger partial charge in [-0.15, -0.1) is 0 Å². The molecule has 2 amide bonds. The zero-order chi connectivity index (χ0) is 12.3. The standard InChI is InChI=1S/C13H19N3O/c1-9-2-4-10(5-3-9)8-15-13(17)16-12-7-6-11(12)14/h2-5,11-12H,6-8,14H2,1H3,(H2,15,16,17)/t11-,12+/m1/s1. The molecule has 1 saturated carbocycles. The van der Waals surface area contributed by atoms with E-state index >= 15 is 0 Å². The minimum atomic E-state index is -0.134. The normalized spacial score (nSPS) is 22.7. The second-order valence-electron chi connectivity index (χ2n) is 4.66. The predicted octanol–water partition coefficient (Wildman–Crippen LogP) is 1.28. The van der Waals surface area contributed by atoms with Gasteiger partial charge in [-0.1, -0.05) is 29.8 Å². The number of carbonyl (C=O) groups excluding carboxylic acids is 1. The van der Waals surface area contributed by atoms with E-state index in [0.29, 0.717) is 6.54 Å². The largest absolute Gasteiger partial charge is 0.334 e. The number of amides is 2. The molecule has 0 spiro atoms. The Hall–Kier alpha value is -1.55. The van der Waals surface area contributed by atoms with Crippen LogP contribution in [0.15, 0.2) is 24.3 Å². The lowest BCUT2D eigenvalue weighted by Crippen LogP contribution is -2.56. The summed E-state index contributed by atoms with van der Waals surface area (Å²) in [5, 5.41) is 5.71. The Kier molecular flexibility index (Phi) is 3.64. The molecule has 2 atom stereocenters. The highest BCUT2D eigenvalue weighted by Gasteiger charge is 2.28. The monoisotopic (exact) mass is 233 g/mol. The molecule has 0 aromatic heterocycles. The van der Waals surface area contributed by atoms with Crippen molar-refractivity contribution in [3.8, 4) is 0 Å². The van der Waals surface area contributed by atoms with E-state index in [4.69, 9.17) is 5.73 Å². The Morgan fingerprint density at radius 2 is 2.06 bits per heavy atom. The first kappa shape index (κ1) is 11.9. The second-order valence-corrected chi connectivity index (χ2v) is 4.66. The molecule has 0 radical (unpaired) electrons. The van der Waals surface area contributed by atoms with Crippen molar-refractivity contribution in [2.75, 3.05) is 0 Å². The van der Waals surface area contributed by atoms with E-state index in [2.05, 4.69) is 10.6 Å². The van der Waals surface area contributed by atoms with Crippen LogP contribution in [0.2, 0.25) is 0 Å². The van der Waals surface area contributed by atoms with Crippen molar-refractivity contribution in [2.45, 2.75) is 38.4 Å². The molecule has 2 rings (SSSR count). The zero-order valence-electron chi connectivity index (χ0n) is 10.1. The van der Waals surface area contributed by atoms with Gasteiger partial charge in [0.1, 0.15) is 0 Å². The van der Waals surface area contributed by atoms with Crippen molar-refractivity contribution in [2.24, 2.45) is 5.73 Å². The van der Waals surface area contributed by atoms with Crippen LogP contribution in [0.5, 0.6) is 0 Å². The van der Waals surface area contributed by atoms with Gasteiger partial charge < -0.3 is 16.4 Å².